The molecule has 0 amide bonds. The zero-order chi connectivity index (χ0) is 17.7. The van der Waals surface area contributed by atoms with Gasteiger partial charge >= 0.3 is 0 Å². The Bertz CT molecular complexity index is 372. The highest BCUT2D eigenvalue weighted by molar-refractivity contribution is 5.79. The normalized spacial score (nSPS) is 25.3. The van der Waals surface area contributed by atoms with E-state index in [0.717, 1.165) is 64.2 Å². The summed E-state index contributed by atoms with van der Waals surface area (Å²) in [5.74, 6) is 2.36. The molecule has 6 heteroatoms. The van der Waals surface area contributed by atoms with Gasteiger partial charge in [-0.2, -0.15) is 0 Å². The largest absolute Gasteiger partial charge is 0.381 e. The van der Waals surface area contributed by atoms with Crippen LogP contribution in [0.2, 0.25) is 0 Å². The molecule has 25 heavy (non-hydrogen) atoms. The van der Waals surface area contributed by atoms with Gasteiger partial charge in [0.05, 0.1) is 13.2 Å². The predicted octanol–water partition coefficient (Wildman–Crippen LogP) is 1.72. The number of piperidine rings is 1. The molecule has 0 radical (unpaired) electrons. The molecule has 2 aliphatic rings. The summed E-state index contributed by atoms with van der Waals surface area (Å²) in [6.07, 6.45) is 6.06. The van der Waals surface area contributed by atoms with Crippen molar-refractivity contribution in [3.8, 4) is 0 Å². The number of nitrogens with zero attached hydrogens (tertiary/aromatic N) is 2. The van der Waals surface area contributed by atoms with Gasteiger partial charge < -0.3 is 25.0 Å². The summed E-state index contributed by atoms with van der Waals surface area (Å²) in [7, 11) is 1.83. The molecule has 0 aromatic heterocycles. The summed E-state index contributed by atoms with van der Waals surface area (Å²) in [5.41, 5.74) is 0. The second-order valence-corrected chi connectivity index (χ2v) is 7.49. The SMILES string of the molecule is CN=C(NCCCOCC1CCOC1)NCCCN1CCCC(C)C1. The van der Waals surface area contributed by atoms with Crippen molar-refractivity contribution in [1.29, 1.82) is 0 Å². The monoisotopic (exact) mass is 354 g/mol. The van der Waals surface area contributed by atoms with Crippen LogP contribution in [0.4, 0.5) is 0 Å². The topological polar surface area (TPSA) is 58.1 Å². The van der Waals surface area contributed by atoms with Crippen LogP contribution in [0.15, 0.2) is 4.99 Å². The van der Waals surface area contributed by atoms with Gasteiger partial charge in [-0.3, -0.25) is 4.99 Å². The lowest BCUT2D eigenvalue weighted by Gasteiger charge is -2.30. The van der Waals surface area contributed by atoms with Gasteiger partial charge in [0.2, 0.25) is 0 Å². The van der Waals surface area contributed by atoms with Crippen molar-refractivity contribution in [2.45, 2.75) is 39.0 Å². The number of ether oxygens (including phenoxy) is 2. The van der Waals surface area contributed by atoms with Gasteiger partial charge in [0.1, 0.15) is 0 Å². The summed E-state index contributed by atoms with van der Waals surface area (Å²) in [4.78, 5) is 6.88. The van der Waals surface area contributed by atoms with Gasteiger partial charge in [-0.15, -0.1) is 0 Å². The van der Waals surface area contributed by atoms with Crippen molar-refractivity contribution in [2.75, 3.05) is 66.2 Å². The van der Waals surface area contributed by atoms with Crippen LogP contribution in [0.3, 0.4) is 0 Å². The minimum atomic E-state index is 0.602. The second kappa shape index (κ2) is 12.5. The summed E-state index contributed by atoms with van der Waals surface area (Å²) in [5, 5.41) is 6.77. The molecule has 2 heterocycles. The number of hydrogen-bond donors (Lipinski definition) is 2. The van der Waals surface area contributed by atoms with Gasteiger partial charge in [-0.1, -0.05) is 6.92 Å². The Kier molecular flexibility index (Phi) is 10.2. The molecular weight excluding hydrogens is 316 g/mol. The Balaban J connectivity index is 1.42. The number of aliphatic imine (C=N–C) groups is 1. The molecule has 2 aliphatic heterocycles. The molecule has 146 valence electrons. The Morgan fingerprint density at radius 3 is 2.80 bits per heavy atom. The number of guanidine groups is 1. The molecule has 2 rings (SSSR count). The summed E-state index contributed by atoms with van der Waals surface area (Å²) in [6.45, 7) is 11.3. The van der Waals surface area contributed by atoms with Crippen molar-refractivity contribution < 1.29 is 9.47 Å². The highest BCUT2D eigenvalue weighted by atomic mass is 16.5. The number of nitrogens with one attached hydrogen (secondary N) is 2. The van der Waals surface area contributed by atoms with E-state index in [2.05, 4.69) is 27.4 Å². The molecule has 0 aromatic carbocycles. The predicted molar refractivity (Wildman–Crippen MR) is 103 cm³/mol. The lowest BCUT2D eigenvalue weighted by atomic mass is 10.0. The highest BCUT2D eigenvalue weighted by Crippen LogP contribution is 2.15. The van der Waals surface area contributed by atoms with Crippen LogP contribution in [0.25, 0.3) is 0 Å². The molecule has 2 fully saturated rings. The van der Waals surface area contributed by atoms with Crippen molar-refractivity contribution in [3.63, 3.8) is 0 Å². The van der Waals surface area contributed by atoms with E-state index in [1.54, 1.807) is 0 Å². The molecule has 6 nitrogen and oxygen atoms in total. The Hall–Kier alpha value is -0.850. The Labute approximate surface area is 153 Å². The first-order chi connectivity index (χ1) is 12.3. The standard InChI is InChI=1S/C19H38N4O2/c1-17-6-3-10-23(14-17)11-4-8-21-19(20-2)22-9-5-12-24-15-18-7-13-25-16-18/h17-18H,3-16H2,1-2H3,(H2,20,21,22). The van der Waals surface area contributed by atoms with Crippen molar-refractivity contribution in [1.82, 2.24) is 15.5 Å². The van der Waals surface area contributed by atoms with Crippen LogP contribution in [0, 0.1) is 11.8 Å². The van der Waals surface area contributed by atoms with E-state index >= 15 is 0 Å². The Morgan fingerprint density at radius 1 is 1.24 bits per heavy atom. The zero-order valence-corrected chi connectivity index (χ0v) is 16.3. The average molecular weight is 355 g/mol. The van der Waals surface area contributed by atoms with Crippen molar-refractivity contribution >= 4 is 5.96 Å². The summed E-state index contributed by atoms with van der Waals surface area (Å²) in [6, 6.07) is 0. The minimum Gasteiger partial charge on any atom is -0.381 e. The van der Waals surface area contributed by atoms with Crippen molar-refractivity contribution in [3.05, 3.63) is 0 Å². The lowest BCUT2D eigenvalue weighted by Crippen LogP contribution is -2.40. The maximum Gasteiger partial charge on any atom is 0.190 e. The van der Waals surface area contributed by atoms with Crippen LogP contribution in [-0.2, 0) is 9.47 Å². The second-order valence-electron chi connectivity index (χ2n) is 7.49. The van der Waals surface area contributed by atoms with Gasteiger partial charge in [-0.25, -0.2) is 0 Å². The molecule has 2 saturated heterocycles. The smallest absolute Gasteiger partial charge is 0.190 e. The third-order valence-electron chi connectivity index (χ3n) is 5.04. The van der Waals surface area contributed by atoms with Gasteiger partial charge in [0.25, 0.3) is 0 Å². The average Bonchev–Trinajstić information content (AvgIpc) is 3.13. The zero-order valence-electron chi connectivity index (χ0n) is 16.3. The Morgan fingerprint density at radius 2 is 2.08 bits per heavy atom. The van der Waals surface area contributed by atoms with Gasteiger partial charge in [-0.05, 0) is 51.1 Å². The molecule has 0 bridgehead atoms. The van der Waals surface area contributed by atoms with Gasteiger partial charge in [0, 0.05) is 45.8 Å². The molecule has 0 aromatic rings. The first-order valence-electron chi connectivity index (χ1n) is 10.1. The fourth-order valence-corrected chi connectivity index (χ4v) is 3.57. The van der Waals surface area contributed by atoms with Crippen LogP contribution >= 0.6 is 0 Å². The summed E-state index contributed by atoms with van der Waals surface area (Å²) >= 11 is 0. The number of hydrogen-bond acceptors (Lipinski definition) is 4. The fraction of sp³-hybridized carbons (Fsp3) is 0.947. The molecule has 2 atom stereocenters. The van der Waals surface area contributed by atoms with E-state index < -0.39 is 0 Å². The van der Waals surface area contributed by atoms with Crippen LogP contribution in [0.1, 0.15) is 39.0 Å². The van der Waals surface area contributed by atoms with E-state index in [1.807, 2.05) is 7.05 Å². The van der Waals surface area contributed by atoms with Crippen LogP contribution < -0.4 is 10.6 Å². The van der Waals surface area contributed by atoms with E-state index in [9.17, 15) is 0 Å². The lowest BCUT2D eigenvalue weighted by molar-refractivity contribution is 0.0888. The molecule has 0 saturated carbocycles. The number of rotatable bonds is 10. The molecule has 2 N–H and O–H groups in total. The maximum absolute atomic E-state index is 5.72. The van der Waals surface area contributed by atoms with Crippen LogP contribution in [-0.4, -0.2) is 77.1 Å². The summed E-state index contributed by atoms with van der Waals surface area (Å²) < 4.78 is 11.1. The molecule has 0 aliphatic carbocycles. The minimum absolute atomic E-state index is 0.602. The molecule has 0 spiro atoms. The van der Waals surface area contributed by atoms with E-state index in [1.165, 1.54) is 38.9 Å². The quantitative estimate of drug-likeness (QED) is 0.355. The third kappa shape index (κ3) is 8.88. The number of likely N-dealkylation sites (tertiary alicyclic amines) is 1. The molecular formula is C19H38N4O2. The first-order valence-corrected chi connectivity index (χ1v) is 10.1. The maximum atomic E-state index is 5.72. The van der Waals surface area contributed by atoms with E-state index in [-0.39, 0.29) is 0 Å². The first kappa shape index (κ1) is 20.5. The van der Waals surface area contributed by atoms with Crippen LogP contribution in [0.5, 0.6) is 0 Å². The fourth-order valence-electron chi connectivity index (χ4n) is 3.57. The van der Waals surface area contributed by atoms with Gasteiger partial charge in [0.15, 0.2) is 5.96 Å². The third-order valence-corrected chi connectivity index (χ3v) is 5.04. The van der Waals surface area contributed by atoms with Crippen molar-refractivity contribution in [2.24, 2.45) is 16.8 Å². The van der Waals surface area contributed by atoms with E-state index in [4.69, 9.17) is 9.47 Å². The molecule has 2 unspecified atom stereocenters. The highest BCUT2D eigenvalue weighted by Gasteiger charge is 2.16. The van der Waals surface area contributed by atoms with E-state index in [0.29, 0.717) is 5.92 Å².